The molecule has 4 aromatic carbocycles. The summed E-state index contributed by atoms with van der Waals surface area (Å²) in [6, 6.07) is 36.6. The van der Waals surface area contributed by atoms with Crippen LogP contribution in [0, 0.1) is 11.3 Å². The van der Waals surface area contributed by atoms with Gasteiger partial charge in [0.05, 0.1) is 23.0 Å². The minimum atomic E-state index is -1.21. The van der Waals surface area contributed by atoms with Crippen molar-refractivity contribution in [3.8, 4) is 17.4 Å². The van der Waals surface area contributed by atoms with E-state index in [1.54, 1.807) is 48.3 Å². The number of rotatable bonds is 11. The Labute approximate surface area is 239 Å². The van der Waals surface area contributed by atoms with Crippen LogP contribution >= 0.6 is 0 Å². The first-order valence-corrected chi connectivity index (χ1v) is 13.3. The number of imidazole rings is 1. The highest BCUT2D eigenvalue weighted by Gasteiger charge is 2.37. The van der Waals surface area contributed by atoms with Gasteiger partial charge in [0.25, 0.3) is 0 Å². The molecule has 0 aliphatic carbocycles. The minimum absolute atomic E-state index is 0.224. The van der Waals surface area contributed by atoms with E-state index in [9.17, 15) is 9.59 Å². The zero-order valence-electron chi connectivity index (χ0n) is 22.8. The quantitative estimate of drug-likeness (QED) is 0.167. The Balaban J connectivity index is 1.41. The zero-order chi connectivity index (χ0) is 28.7. The van der Waals surface area contributed by atoms with E-state index in [-0.39, 0.29) is 5.69 Å². The SMILES string of the molecule is COC(C=O)(Cc1ccc(-n2ccn(-c3ccc(C#N)cc3)c2=O)cc1)N(Cc1ccccc1)Cc1ccccc1. The van der Waals surface area contributed by atoms with Crippen molar-refractivity contribution in [1.29, 1.82) is 5.26 Å². The molecule has 0 bridgehead atoms. The number of carbonyl (C=O) groups excluding carboxylic acids is 1. The number of benzene rings is 4. The molecule has 5 rings (SSSR count). The maximum atomic E-state index is 13.2. The number of ether oxygens (including phenoxy) is 1. The lowest BCUT2D eigenvalue weighted by molar-refractivity contribution is -0.161. The zero-order valence-corrected chi connectivity index (χ0v) is 22.8. The number of nitrogens with zero attached hydrogens (tertiary/aromatic N) is 4. The average molecular weight is 543 g/mol. The summed E-state index contributed by atoms with van der Waals surface area (Å²) in [4.78, 5) is 28.0. The Morgan fingerprint density at radius 3 is 1.68 bits per heavy atom. The van der Waals surface area contributed by atoms with E-state index in [1.165, 1.54) is 4.57 Å². The van der Waals surface area contributed by atoms with Gasteiger partial charge in [-0.1, -0.05) is 72.8 Å². The third-order valence-electron chi connectivity index (χ3n) is 7.23. The molecule has 0 saturated heterocycles. The Morgan fingerprint density at radius 1 is 0.756 bits per heavy atom. The fourth-order valence-corrected chi connectivity index (χ4v) is 4.94. The number of nitriles is 1. The van der Waals surface area contributed by atoms with Crippen LogP contribution in [0.25, 0.3) is 11.4 Å². The maximum Gasteiger partial charge on any atom is 0.337 e. The lowest BCUT2D eigenvalue weighted by atomic mass is 9.99. The van der Waals surface area contributed by atoms with Gasteiger partial charge in [0.2, 0.25) is 0 Å². The second kappa shape index (κ2) is 12.4. The van der Waals surface area contributed by atoms with Gasteiger partial charge in [0.15, 0.2) is 12.0 Å². The van der Waals surface area contributed by atoms with Crippen LogP contribution in [-0.4, -0.2) is 33.2 Å². The Kier molecular flexibility index (Phi) is 8.35. The fourth-order valence-electron chi connectivity index (χ4n) is 4.94. The molecule has 204 valence electrons. The van der Waals surface area contributed by atoms with Crippen molar-refractivity contribution >= 4 is 6.29 Å². The van der Waals surface area contributed by atoms with Gasteiger partial charge in [0, 0.05) is 39.0 Å². The van der Waals surface area contributed by atoms with Crippen LogP contribution < -0.4 is 5.69 Å². The Morgan fingerprint density at radius 2 is 1.24 bits per heavy atom. The van der Waals surface area contributed by atoms with Gasteiger partial charge in [-0.05, 0) is 53.1 Å². The van der Waals surface area contributed by atoms with Gasteiger partial charge in [0.1, 0.15) is 0 Å². The summed E-state index contributed by atoms with van der Waals surface area (Å²) in [6.07, 6.45) is 4.62. The van der Waals surface area contributed by atoms with Crippen LogP contribution in [0.1, 0.15) is 22.3 Å². The predicted octanol–water partition coefficient (Wildman–Crippen LogP) is 5.29. The molecule has 0 aliphatic heterocycles. The number of aldehydes is 1. The first-order valence-electron chi connectivity index (χ1n) is 13.3. The number of hydrogen-bond donors (Lipinski definition) is 0. The molecule has 0 spiro atoms. The second-order valence-electron chi connectivity index (χ2n) is 9.82. The van der Waals surface area contributed by atoms with E-state index in [0.29, 0.717) is 36.4 Å². The van der Waals surface area contributed by atoms with Crippen LogP contribution in [0.2, 0.25) is 0 Å². The van der Waals surface area contributed by atoms with Crippen molar-refractivity contribution in [1.82, 2.24) is 14.0 Å². The molecular formula is C34H30N4O3. The summed E-state index contributed by atoms with van der Waals surface area (Å²) in [5, 5.41) is 9.04. The standard InChI is InChI=1S/C34H30N4O3/c1-41-34(26-39,36(24-29-8-4-2-5-9-29)25-30-10-6-3-7-11-30)22-27-12-16-31(17-13-27)37-20-21-38(33(37)40)32-18-14-28(23-35)15-19-32/h2-21,26H,22,24-25H2,1H3. The van der Waals surface area contributed by atoms with Crippen molar-refractivity contribution in [3.63, 3.8) is 0 Å². The number of hydrogen-bond acceptors (Lipinski definition) is 5. The van der Waals surface area contributed by atoms with Crippen LogP contribution in [-0.2, 0) is 29.0 Å². The molecule has 41 heavy (non-hydrogen) atoms. The molecule has 1 unspecified atom stereocenters. The Bertz CT molecular complexity index is 1640. The normalized spacial score (nSPS) is 12.5. The minimum Gasteiger partial charge on any atom is -0.356 e. The fraction of sp³-hybridized carbons (Fsp3) is 0.147. The van der Waals surface area contributed by atoms with Crippen LogP contribution in [0.4, 0.5) is 0 Å². The van der Waals surface area contributed by atoms with E-state index in [0.717, 1.165) is 23.0 Å². The van der Waals surface area contributed by atoms with Gasteiger partial charge in [-0.25, -0.2) is 4.79 Å². The molecule has 1 aromatic heterocycles. The van der Waals surface area contributed by atoms with E-state index >= 15 is 0 Å². The Hall–Kier alpha value is -5.03. The molecule has 0 aliphatic rings. The lowest BCUT2D eigenvalue weighted by Crippen LogP contribution is -2.52. The van der Waals surface area contributed by atoms with E-state index in [2.05, 4.69) is 11.0 Å². The topological polar surface area (TPSA) is 80.3 Å². The third kappa shape index (κ3) is 6.10. The summed E-state index contributed by atoms with van der Waals surface area (Å²) in [7, 11) is 1.57. The first kappa shape index (κ1) is 27.5. The molecular weight excluding hydrogens is 512 g/mol. The number of carbonyl (C=O) groups is 1. The molecule has 0 radical (unpaired) electrons. The second-order valence-corrected chi connectivity index (χ2v) is 9.82. The van der Waals surface area contributed by atoms with Crippen molar-refractivity contribution < 1.29 is 9.53 Å². The van der Waals surface area contributed by atoms with E-state index < -0.39 is 5.72 Å². The maximum absolute atomic E-state index is 13.2. The first-order chi connectivity index (χ1) is 20.0. The molecule has 5 aromatic rings. The third-order valence-corrected chi connectivity index (χ3v) is 7.23. The van der Waals surface area contributed by atoms with Crippen molar-refractivity contribution in [2.45, 2.75) is 25.2 Å². The van der Waals surface area contributed by atoms with E-state index in [1.807, 2.05) is 84.9 Å². The van der Waals surface area contributed by atoms with Gasteiger partial charge in [-0.3, -0.25) is 18.8 Å². The van der Waals surface area contributed by atoms with Crippen molar-refractivity contribution in [2.75, 3.05) is 7.11 Å². The van der Waals surface area contributed by atoms with Crippen LogP contribution in [0.5, 0.6) is 0 Å². The van der Waals surface area contributed by atoms with Crippen molar-refractivity contribution in [3.05, 3.63) is 154 Å². The van der Waals surface area contributed by atoms with E-state index in [4.69, 9.17) is 10.00 Å². The summed E-state index contributed by atoms with van der Waals surface area (Å²) in [5.74, 6) is 0. The largest absolute Gasteiger partial charge is 0.356 e. The van der Waals surface area contributed by atoms with Gasteiger partial charge >= 0.3 is 5.69 Å². The molecule has 1 heterocycles. The molecule has 0 N–H and O–H groups in total. The number of aromatic nitrogens is 2. The monoisotopic (exact) mass is 542 g/mol. The smallest absolute Gasteiger partial charge is 0.337 e. The lowest BCUT2D eigenvalue weighted by Gasteiger charge is -2.39. The summed E-state index contributed by atoms with van der Waals surface area (Å²) >= 11 is 0. The molecule has 0 amide bonds. The molecule has 0 saturated carbocycles. The summed E-state index contributed by atoms with van der Waals surface area (Å²) in [6.45, 7) is 1.05. The molecule has 1 atom stereocenters. The van der Waals surface area contributed by atoms with Crippen LogP contribution in [0.3, 0.4) is 0 Å². The van der Waals surface area contributed by atoms with Crippen LogP contribution in [0.15, 0.2) is 126 Å². The van der Waals surface area contributed by atoms with Gasteiger partial charge in [-0.15, -0.1) is 0 Å². The van der Waals surface area contributed by atoms with Crippen molar-refractivity contribution in [2.24, 2.45) is 0 Å². The predicted molar refractivity (Wildman–Crippen MR) is 158 cm³/mol. The number of methoxy groups -OCH3 is 1. The highest BCUT2D eigenvalue weighted by atomic mass is 16.5. The van der Waals surface area contributed by atoms with Gasteiger partial charge in [-0.2, -0.15) is 5.26 Å². The summed E-state index contributed by atoms with van der Waals surface area (Å²) < 4.78 is 9.07. The molecule has 0 fully saturated rings. The average Bonchev–Trinajstić information content (AvgIpc) is 3.42. The summed E-state index contributed by atoms with van der Waals surface area (Å²) in [5.41, 5.74) is 3.53. The van der Waals surface area contributed by atoms with Gasteiger partial charge < -0.3 is 4.74 Å². The highest BCUT2D eigenvalue weighted by molar-refractivity contribution is 5.63. The molecule has 7 heteroatoms. The highest BCUT2D eigenvalue weighted by Crippen LogP contribution is 2.26. The molecule has 7 nitrogen and oxygen atoms in total.